The molecule has 0 atom stereocenters. The molecule has 0 aliphatic carbocycles. The zero-order chi connectivity index (χ0) is 13.8. The molecule has 100 valence electrons. The second-order valence-corrected chi connectivity index (χ2v) is 4.44. The molecule has 0 bridgehead atoms. The number of aromatic nitrogens is 2. The van der Waals surface area contributed by atoms with E-state index in [0.717, 1.165) is 11.3 Å². The number of methoxy groups -OCH3 is 1. The molecular weight excluding hydrogens is 242 g/mol. The summed E-state index contributed by atoms with van der Waals surface area (Å²) in [6.07, 6.45) is 5.30. The van der Waals surface area contributed by atoms with E-state index in [1.807, 2.05) is 42.1 Å². The minimum absolute atomic E-state index is 0.0773. The van der Waals surface area contributed by atoms with Gasteiger partial charge in [-0.1, -0.05) is 18.2 Å². The number of carbonyl (C=O) groups is 1. The van der Waals surface area contributed by atoms with Crippen LogP contribution in [0.1, 0.15) is 5.56 Å². The van der Waals surface area contributed by atoms with Gasteiger partial charge in [0.25, 0.3) is 6.33 Å². The second-order valence-electron chi connectivity index (χ2n) is 4.44. The largest absolute Gasteiger partial charge is 0.496 e. The van der Waals surface area contributed by atoms with Crippen molar-refractivity contribution in [3.8, 4) is 5.75 Å². The van der Waals surface area contributed by atoms with Crippen LogP contribution in [0.2, 0.25) is 0 Å². The number of rotatable bonds is 3. The van der Waals surface area contributed by atoms with Crippen molar-refractivity contribution in [2.45, 2.75) is 6.54 Å². The Bertz CT molecular complexity index is 578. The Morgan fingerprint density at radius 2 is 2.16 bits per heavy atom. The van der Waals surface area contributed by atoms with E-state index in [-0.39, 0.29) is 6.03 Å². The summed E-state index contributed by atoms with van der Waals surface area (Å²) >= 11 is 0. The Labute approximate surface area is 112 Å². The first-order valence-corrected chi connectivity index (χ1v) is 6.02. The van der Waals surface area contributed by atoms with Crippen molar-refractivity contribution in [2.24, 2.45) is 7.05 Å². The molecule has 1 amide bonds. The fourth-order valence-corrected chi connectivity index (χ4v) is 1.92. The van der Waals surface area contributed by atoms with Gasteiger partial charge in [0.2, 0.25) is 0 Å². The average molecular weight is 260 g/mol. The monoisotopic (exact) mass is 260 g/mol. The fraction of sp³-hybridized carbons (Fsp3) is 0.286. The van der Waals surface area contributed by atoms with Gasteiger partial charge in [-0.05, 0) is 6.07 Å². The summed E-state index contributed by atoms with van der Waals surface area (Å²) in [6, 6.07) is 7.62. The quantitative estimate of drug-likeness (QED) is 0.783. The summed E-state index contributed by atoms with van der Waals surface area (Å²) in [5.74, 6) is 0.792. The molecule has 0 fully saturated rings. The molecule has 1 aromatic heterocycles. The maximum absolute atomic E-state index is 12.2. The number of aryl methyl sites for hydroxylation is 1. The minimum Gasteiger partial charge on any atom is -0.496 e. The number of amides is 1. The third-order valence-electron chi connectivity index (χ3n) is 2.92. The fourth-order valence-electron chi connectivity index (χ4n) is 1.92. The molecule has 0 unspecified atom stereocenters. The first-order chi connectivity index (χ1) is 9.11. The van der Waals surface area contributed by atoms with E-state index in [1.165, 1.54) is 0 Å². The Morgan fingerprint density at radius 3 is 2.79 bits per heavy atom. The van der Waals surface area contributed by atoms with E-state index in [9.17, 15) is 4.79 Å². The van der Waals surface area contributed by atoms with Crippen LogP contribution in [0.3, 0.4) is 0 Å². The molecular formula is C14H18N3O2+. The highest BCUT2D eigenvalue weighted by atomic mass is 16.5. The molecule has 0 radical (unpaired) electrons. The molecule has 5 nitrogen and oxygen atoms in total. The van der Waals surface area contributed by atoms with Gasteiger partial charge < -0.3 is 9.64 Å². The Balaban J connectivity index is 2.12. The Morgan fingerprint density at radius 1 is 1.42 bits per heavy atom. The molecule has 19 heavy (non-hydrogen) atoms. The topological polar surface area (TPSA) is 38.4 Å². The van der Waals surface area contributed by atoms with Gasteiger partial charge in [-0.2, -0.15) is 4.57 Å². The van der Waals surface area contributed by atoms with E-state index in [0.29, 0.717) is 6.54 Å². The standard InChI is InChI=1S/C14H18N3O2/c1-15-8-9-17(11-15)14(18)16(2)10-12-6-4-5-7-13(12)19-3/h4-9,11H,10H2,1-3H3/q+1. The van der Waals surface area contributed by atoms with Gasteiger partial charge in [0.15, 0.2) is 0 Å². The molecule has 1 aromatic carbocycles. The van der Waals surface area contributed by atoms with Crippen LogP contribution in [0.25, 0.3) is 0 Å². The molecule has 0 aliphatic heterocycles. The molecule has 2 aromatic rings. The molecule has 0 saturated carbocycles. The first kappa shape index (κ1) is 13.1. The van der Waals surface area contributed by atoms with E-state index in [2.05, 4.69) is 0 Å². The van der Waals surface area contributed by atoms with E-state index < -0.39 is 0 Å². The van der Waals surface area contributed by atoms with E-state index in [1.54, 1.807) is 36.1 Å². The van der Waals surface area contributed by atoms with Gasteiger partial charge in [0, 0.05) is 12.6 Å². The van der Waals surface area contributed by atoms with Gasteiger partial charge in [0.05, 0.1) is 20.7 Å². The maximum atomic E-state index is 12.2. The number of benzene rings is 1. The Kier molecular flexibility index (Phi) is 3.85. The van der Waals surface area contributed by atoms with Crippen LogP contribution >= 0.6 is 0 Å². The third kappa shape index (κ3) is 2.93. The van der Waals surface area contributed by atoms with Crippen molar-refractivity contribution in [1.82, 2.24) is 9.47 Å². The highest BCUT2D eigenvalue weighted by molar-refractivity contribution is 5.76. The van der Waals surface area contributed by atoms with Crippen LogP contribution in [-0.2, 0) is 13.6 Å². The van der Waals surface area contributed by atoms with Gasteiger partial charge in [-0.3, -0.25) is 0 Å². The van der Waals surface area contributed by atoms with Crippen LogP contribution in [0.5, 0.6) is 5.75 Å². The lowest BCUT2D eigenvalue weighted by Crippen LogP contribution is -2.32. The number of hydrogen-bond acceptors (Lipinski definition) is 2. The van der Waals surface area contributed by atoms with E-state index >= 15 is 0 Å². The summed E-state index contributed by atoms with van der Waals surface area (Å²) in [6.45, 7) is 0.505. The molecule has 1 heterocycles. The zero-order valence-corrected chi connectivity index (χ0v) is 11.4. The lowest BCUT2D eigenvalue weighted by molar-refractivity contribution is -0.670. The first-order valence-electron chi connectivity index (χ1n) is 6.02. The predicted octanol–water partition coefficient (Wildman–Crippen LogP) is 1.42. The van der Waals surface area contributed by atoms with Crippen molar-refractivity contribution >= 4 is 6.03 Å². The van der Waals surface area contributed by atoms with Gasteiger partial charge in [-0.15, -0.1) is 0 Å². The number of carbonyl (C=O) groups excluding carboxylic acids is 1. The van der Waals surface area contributed by atoms with Crippen LogP contribution in [0, 0.1) is 0 Å². The minimum atomic E-state index is -0.0773. The van der Waals surface area contributed by atoms with Gasteiger partial charge in [0.1, 0.15) is 18.1 Å². The third-order valence-corrected chi connectivity index (χ3v) is 2.92. The molecule has 2 rings (SSSR count). The molecule has 0 aliphatic rings. The van der Waals surface area contributed by atoms with Crippen molar-refractivity contribution in [2.75, 3.05) is 14.2 Å². The summed E-state index contributed by atoms with van der Waals surface area (Å²) in [5.41, 5.74) is 0.984. The van der Waals surface area contributed by atoms with Crippen molar-refractivity contribution in [3.05, 3.63) is 48.5 Å². The lowest BCUT2D eigenvalue weighted by atomic mass is 10.2. The number of imidazole rings is 1. The normalized spacial score (nSPS) is 10.3. The molecule has 0 saturated heterocycles. The van der Waals surface area contributed by atoms with Crippen molar-refractivity contribution in [3.63, 3.8) is 0 Å². The van der Waals surface area contributed by atoms with E-state index in [4.69, 9.17) is 4.74 Å². The summed E-state index contributed by atoms with van der Waals surface area (Å²) in [7, 11) is 5.28. The maximum Gasteiger partial charge on any atom is 0.415 e. The smallest absolute Gasteiger partial charge is 0.415 e. The zero-order valence-electron chi connectivity index (χ0n) is 11.4. The van der Waals surface area contributed by atoms with Gasteiger partial charge in [-0.25, -0.2) is 9.36 Å². The van der Waals surface area contributed by atoms with Gasteiger partial charge >= 0.3 is 6.03 Å². The average Bonchev–Trinajstić information content (AvgIpc) is 2.85. The van der Waals surface area contributed by atoms with Crippen LogP contribution in [0.4, 0.5) is 4.79 Å². The number of hydrogen-bond donors (Lipinski definition) is 0. The predicted molar refractivity (Wildman–Crippen MR) is 70.9 cm³/mol. The van der Waals surface area contributed by atoms with Crippen molar-refractivity contribution in [1.29, 1.82) is 0 Å². The lowest BCUT2D eigenvalue weighted by Gasteiger charge is -2.16. The number of ether oxygens (including phenoxy) is 1. The number of nitrogens with zero attached hydrogens (tertiary/aromatic N) is 3. The highest BCUT2D eigenvalue weighted by Crippen LogP contribution is 2.18. The molecule has 5 heteroatoms. The molecule has 0 spiro atoms. The number of para-hydroxylation sites is 1. The SMILES string of the molecule is COc1ccccc1CN(C)C(=O)n1cc[n+](C)c1. The Hall–Kier alpha value is -2.30. The van der Waals surface area contributed by atoms with Crippen LogP contribution in [0.15, 0.2) is 43.0 Å². The van der Waals surface area contributed by atoms with Crippen LogP contribution in [-0.4, -0.2) is 29.7 Å². The van der Waals surface area contributed by atoms with Crippen molar-refractivity contribution < 1.29 is 14.1 Å². The highest BCUT2D eigenvalue weighted by Gasteiger charge is 2.18. The second kappa shape index (κ2) is 5.56. The van der Waals surface area contributed by atoms with Crippen LogP contribution < -0.4 is 9.30 Å². The molecule has 0 N–H and O–H groups in total. The summed E-state index contributed by atoms with van der Waals surface area (Å²) < 4.78 is 8.67. The summed E-state index contributed by atoms with van der Waals surface area (Å²) in [4.78, 5) is 13.8. The summed E-state index contributed by atoms with van der Waals surface area (Å²) in [5, 5.41) is 0.